The molecule has 0 spiro atoms. The summed E-state index contributed by atoms with van der Waals surface area (Å²) in [5.41, 5.74) is 2.88. The summed E-state index contributed by atoms with van der Waals surface area (Å²) in [6.45, 7) is 11.0. The molecule has 1 N–H and O–H groups in total. The molecule has 1 rings (SSSR count). The number of hydrogen-bond donors (Lipinski definition) is 1. The fourth-order valence-electron chi connectivity index (χ4n) is 2.47. The topological polar surface area (TPSA) is 20.2 Å². The molecule has 1 aliphatic carbocycles. The van der Waals surface area contributed by atoms with Crippen molar-refractivity contribution in [2.24, 2.45) is 11.3 Å². The molecule has 1 aliphatic rings. The van der Waals surface area contributed by atoms with Gasteiger partial charge in [-0.2, -0.15) is 0 Å². The second kappa shape index (κ2) is 4.52. The van der Waals surface area contributed by atoms with Crippen LogP contribution in [-0.2, 0) is 0 Å². The van der Waals surface area contributed by atoms with E-state index in [0.717, 1.165) is 12.8 Å². The third-order valence-electron chi connectivity index (χ3n) is 3.12. The first-order valence-electron chi connectivity index (χ1n) is 5.89. The molecule has 0 heterocycles. The third-order valence-corrected chi connectivity index (χ3v) is 3.12. The SMILES string of the molecule is CC1=C(/C=C/C(C)C)C(C)(C)C[C@H](O)C1. The van der Waals surface area contributed by atoms with Crippen molar-refractivity contribution < 1.29 is 5.11 Å². The number of hydrogen-bond acceptors (Lipinski definition) is 1. The highest BCUT2D eigenvalue weighted by atomic mass is 16.3. The molecular formula is C14H24O. The van der Waals surface area contributed by atoms with Crippen LogP contribution >= 0.6 is 0 Å². The van der Waals surface area contributed by atoms with Crippen LogP contribution in [-0.4, -0.2) is 11.2 Å². The summed E-state index contributed by atoms with van der Waals surface area (Å²) in [5, 5.41) is 9.75. The number of rotatable bonds is 2. The van der Waals surface area contributed by atoms with E-state index in [-0.39, 0.29) is 11.5 Å². The monoisotopic (exact) mass is 208 g/mol. The molecule has 86 valence electrons. The van der Waals surface area contributed by atoms with Gasteiger partial charge in [0, 0.05) is 0 Å². The fraction of sp³-hybridized carbons (Fsp3) is 0.714. The predicted molar refractivity (Wildman–Crippen MR) is 65.7 cm³/mol. The Bertz CT molecular complexity index is 282. The standard InChI is InChI=1S/C14H24O/c1-10(2)6-7-13-11(3)8-12(15)9-14(13,4)5/h6-7,10,12,15H,8-9H2,1-5H3/b7-6+/t12-/m1/s1. The summed E-state index contributed by atoms with van der Waals surface area (Å²) >= 11 is 0. The van der Waals surface area contributed by atoms with Crippen LogP contribution in [0, 0.1) is 11.3 Å². The van der Waals surface area contributed by atoms with E-state index >= 15 is 0 Å². The van der Waals surface area contributed by atoms with Crippen LogP contribution in [0.4, 0.5) is 0 Å². The van der Waals surface area contributed by atoms with E-state index in [2.05, 4.69) is 46.8 Å². The lowest BCUT2D eigenvalue weighted by molar-refractivity contribution is 0.116. The lowest BCUT2D eigenvalue weighted by Gasteiger charge is -2.35. The van der Waals surface area contributed by atoms with Crippen LogP contribution in [0.2, 0.25) is 0 Å². The van der Waals surface area contributed by atoms with E-state index in [1.54, 1.807) is 0 Å². The van der Waals surface area contributed by atoms with E-state index < -0.39 is 0 Å². The van der Waals surface area contributed by atoms with Crippen molar-refractivity contribution >= 4 is 0 Å². The van der Waals surface area contributed by atoms with Gasteiger partial charge in [-0.25, -0.2) is 0 Å². The van der Waals surface area contributed by atoms with Gasteiger partial charge >= 0.3 is 0 Å². The Hall–Kier alpha value is -0.560. The summed E-state index contributed by atoms with van der Waals surface area (Å²) in [4.78, 5) is 0. The summed E-state index contributed by atoms with van der Waals surface area (Å²) in [5.74, 6) is 0.591. The molecule has 0 unspecified atom stereocenters. The third kappa shape index (κ3) is 3.20. The molecule has 0 aromatic heterocycles. The van der Waals surface area contributed by atoms with Crippen molar-refractivity contribution in [3.05, 3.63) is 23.3 Å². The molecule has 0 amide bonds. The number of allylic oxidation sites excluding steroid dienone is 3. The molecule has 0 aromatic rings. The van der Waals surface area contributed by atoms with Crippen molar-refractivity contribution in [3.63, 3.8) is 0 Å². The van der Waals surface area contributed by atoms with Gasteiger partial charge in [-0.3, -0.25) is 0 Å². The van der Waals surface area contributed by atoms with Gasteiger partial charge in [0.15, 0.2) is 0 Å². The van der Waals surface area contributed by atoms with Gasteiger partial charge in [-0.05, 0) is 36.7 Å². The smallest absolute Gasteiger partial charge is 0.0585 e. The minimum atomic E-state index is -0.156. The molecular weight excluding hydrogens is 184 g/mol. The van der Waals surface area contributed by atoms with Gasteiger partial charge < -0.3 is 5.11 Å². The summed E-state index contributed by atoms with van der Waals surface area (Å²) in [6, 6.07) is 0. The molecule has 15 heavy (non-hydrogen) atoms. The van der Waals surface area contributed by atoms with Crippen LogP contribution in [0.5, 0.6) is 0 Å². The van der Waals surface area contributed by atoms with Crippen molar-refractivity contribution in [2.45, 2.75) is 53.6 Å². The average Bonchev–Trinajstić information content (AvgIpc) is 1.98. The Morgan fingerprint density at radius 1 is 1.40 bits per heavy atom. The largest absolute Gasteiger partial charge is 0.393 e. The van der Waals surface area contributed by atoms with E-state index in [4.69, 9.17) is 0 Å². The van der Waals surface area contributed by atoms with Gasteiger partial charge in [0.05, 0.1) is 6.10 Å². The molecule has 0 aliphatic heterocycles. The van der Waals surface area contributed by atoms with Crippen LogP contribution in [0.3, 0.4) is 0 Å². The Morgan fingerprint density at radius 3 is 2.47 bits per heavy atom. The Labute approximate surface area is 93.9 Å². The number of aliphatic hydroxyl groups is 1. The molecule has 1 atom stereocenters. The van der Waals surface area contributed by atoms with Gasteiger partial charge in [0.2, 0.25) is 0 Å². The average molecular weight is 208 g/mol. The van der Waals surface area contributed by atoms with Gasteiger partial charge in [-0.1, -0.05) is 45.4 Å². The molecule has 0 aromatic carbocycles. The molecule has 0 fully saturated rings. The maximum atomic E-state index is 9.75. The van der Waals surface area contributed by atoms with E-state index in [9.17, 15) is 5.11 Å². The van der Waals surface area contributed by atoms with Crippen molar-refractivity contribution in [1.82, 2.24) is 0 Å². The molecule has 1 nitrogen and oxygen atoms in total. The highest BCUT2D eigenvalue weighted by Crippen LogP contribution is 2.40. The maximum absolute atomic E-state index is 9.75. The quantitative estimate of drug-likeness (QED) is 0.733. The molecule has 1 heteroatoms. The van der Waals surface area contributed by atoms with Crippen molar-refractivity contribution in [3.8, 4) is 0 Å². The van der Waals surface area contributed by atoms with Gasteiger partial charge in [-0.15, -0.1) is 0 Å². The second-order valence-corrected chi connectivity index (χ2v) is 5.74. The van der Waals surface area contributed by atoms with Crippen LogP contribution in [0.1, 0.15) is 47.5 Å². The first-order chi connectivity index (χ1) is 6.83. The first kappa shape index (κ1) is 12.5. The van der Waals surface area contributed by atoms with Gasteiger partial charge in [0.1, 0.15) is 0 Å². The van der Waals surface area contributed by atoms with E-state index in [0.29, 0.717) is 5.92 Å². The summed E-state index contributed by atoms with van der Waals surface area (Å²) in [6.07, 6.45) is 6.06. The zero-order valence-corrected chi connectivity index (χ0v) is 10.7. The minimum Gasteiger partial charge on any atom is -0.393 e. The molecule has 0 bridgehead atoms. The molecule has 0 saturated heterocycles. The minimum absolute atomic E-state index is 0.118. The second-order valence-electron chi connectivity index (χ2n) is 5.74. The first-order valence-corrected chi connectivity index (χ1v) is 5.89. The summed E-state index contributed by atoms with van der Waals surface area (Å²) < 4.78 is 0. The van der Waals surface area contributed by atoms with E-state index in [1.165, 1.54) is 11.1 Å². The molecule has 0 radical (unpaired) electrons. The fourth-order valence-corrected chi connectivity index (χ4v) is 2.47. The van der Waals surface area contributed by atoms with Crippen LogP contribution in [0.25, 0.3) is 0 Å². The van der Waals surface area contributed by atoms with Gasteiger partial charge in [0.25, 0.3) is 0 Å². The Balaban J connectivity index is 2.96. The van der Waals surface area contributed by atoms with Crippen molar-refractivity contribution in [2.75, 3.05) is 0 Å². The van der Waals surface area contributed by atoms with Crippen LogP contribution in [0.15, 0.2) is 23.3 Å². The Kier molecular flexibility index (Phi) is 3.77. The van der Waals surface area contributed by atoms with Crippen LogP contribution < -0.4 is 0 Å². The zero-order chi connectivity index (χ0) is 11.6. The lowest BCUT2D eigenvalue weighted by Crippen LogP contribution is -2.28. The normalized spacial score (nSPS) is 26.7. The molecule has 0 saturated carbocycles. The zero-order valence-electron chi connectivity index (χ0n) is 10.7. The lowest BCUT2D eigenvalue weighted by atomic mass is 9.71. The van der Waals surface area contributed by atoms with Crippen molar-refractivity contribution in [1.29, 1.82) is 0 Å². The highest BCUT2D eigenvalue weighted by molar-refractivity contribution is 5.33. The Morgan fingerprint density at radius 2 is 2.00 bits per heavy atom. The summed E-state index contributed by atoms with van der Waals surface area (Å²) in [7, 11) is 0. The maximum Gasteiger partial charge on any atom is 0.0585 e. The number of aliphatic hydroxyl groups excluding tert-OH is 1. The van der Waals surface area contributed by atoms with E-state index in [1.807, 2.05) is 0 Å². The highest BCUT2D eigenvalue weighted by Gasteiger charge is 2.31. The predicted octanol–water partition coefficient (Wildman–Crippen LogP) is 3.70.